The number of hydrogen-bond donors (Lipinski definition) is 6. The number of unbranched alkanes of at least 4 members (excludes halogenated alkanes) is 40. The van der Waals surface area contributed by atoms with Crippen molar-refractivity contribution in [2.45, 2.75) is 372 Å². The van der Waals surface area contributed by atoms with E-state index in [1.54, 1.807) is 6.08 Å². The van der Waals surface area contributed by atoms with Gasteiger partial charge in [0.25, 0.3) is 0 Å². The van der Waals surface area contributed by atoms with Gasteiger partial charge in [0.1, 0.15) is 24.4 Å². The molecule has 1 aliphatic rings. The summed E-state index contributed by atoms with van der Waals surface area (Å²) in [6.07, 6.45) is 57.7. The van der Waals surface area contributed by atoms with Gasteiger partial charge in [-0.25, -0.2) is 0 Å². The van der Waals surface area contributed by atoms with Crippen LogP contribution in [0.3, 0.4) is 0 Å². The quantitative estimate of drug-likeness (QED) is 0.0195. The molecule has 6 N–H and O–H groups in total. The summed E-state index contributed by atoms with van der Waals surface area (Å²) in [5, 5.41) is 57.1. The van der Waals surface area contributed by atoms with Crippen LogP contribution in [-0.4, -0.2) is 99.6 Å². The van der Waals surface area contributed by atoms with Crippen molar-refractivity contribution in [1.82, 2.24) is 5.32 Å². The summed E-state index contributed by atoms with van der Waals surface area (Å²) in [6.45, 7) is 5.71. The molecule has 0 aromatic rings. The van der Waals surface area contributed by atoms with Crippen LogP contribution >= 0.6 is 0 Å². The first-order chi connectivity index (χ1) is 38.7. The van der Waals surface area contributed by atoms with E-state index in [-0.39, 0.29) is 13.0 Å². The number of esters is 1. The van der Waals surface area contributed by atoms with E-state index in [2.05, 4.69) is 50.4 Å². The Bertz CT molecular complexity index is 1420. The Labute approximate surface area is 485 Å². The molecule has 464 valence electrons. The van der Waals surface area contributed by atoms with Crippen LogP contribution in [0, 0.1) is 0 Å². The number of allylic oxidation sites excluding steroid dienone is 5. The highest BCUT2D eigenvalue weighted by molar-refractivity contribution is 5.80. The summed E-state index contributed by atoms with van der Waals surface area (Å²) in [6, 6.07) is -1.02. The molecule has 0 bridgehead atoms. The molecule has 1 heterocycles. The van der Waals surface area contributed by atoms with Gasteiger partial charge in [-0.2, -0.15) is 0 Å². The molecule has 0 spiro atoms. The zero-order valence-corrected chi connectivity index (χ0v) is 51.5. The van der Waals surface area contributed by atoms with Crippen molar-refractivity contribution in [2.24, 2.45) is 0 Å². The van der Waals surface area contributed by atoms with E-state index in [9.17, 15) is 35.1 Å². The molecule has 8 atom stereocenters. The molecule has 1 saturated heterocycles. The molecule has 0 aromatic heterocycles. The summed E-state index contributed by atoms with van der Waals surface area (Å²) >= 11 is 0. The summed E-state index contributed by atoms with van der Waals surface area (Å²) in [4.78, 5) is 26.6. The first-order valence-corrected chi connectivity index (χ1v) is 33.8. The van der Waals surface area contributed by atoms with E-state index in [4.69, 9.17) is 14.2 Å². The highest BCUT2D eigenvalue weighted by Gasteiger charge is 2.47. The lowest BCUT2D eigenvalue weighted by atomic mass is 9.99. The molecule has 11 nitrogen and oxygen atoms in total. The second kappa shape index (κ2) is 56.4. The maximum atomic E-state index is 13.5. The van der Waals surface area contributed by atoms with Crippen LogP contribution in [0.1, 0.15) is 323 Å². The second-order valence-electron chi connectivity index (χ2n) is 23.5. The van der Waals surface area contributed by atoms with E-state index < -0.39 is 67.4 Å². The van der Waals surface area contributed by atoms with Crippen molar-refractivity contribution in [3.8, 4) is 0 Å². The predicted molar refractivity (Wildman–Crippen MR) is 329 cm³/mol. The van der Waals surface area contributed by atoms with Crippen molar-refractivity contribution in [3.63, 3.8) is 0 Å². The number of carbonyl (C=O) groups is 2. The van der Waals surface area contributed by atoms with Gasteiger partial charge >= 0.3 is 5.97 Å². The normalized spacial score (nSPS) is 19.0. The van der Waals surface area contributed by atoms with E-state index in [1.165, 1.54) is 193 Å². The monoisotopic (exact) mass is 1120 g/mol. The Kier molecular flexibility index (Phi) is 53.4. The molecular formula is C68H127NO10. The van der Waals surface area contributed by atoms with Gasteiger partial charge in [0, 0.05) is 6.42 Å². The van der Waals surface area contributed by atoms with Crippen molar-refractivity contribution in [2.75, 3.05) is 13.2 Å². The second-order valence-corrected chi connectivity index (χ2v) is 23.5. The number of aliphatic hydroxyl groups is 5. The summed E-state index contributed by atoms with van der Waals surface area (Å²) < 4.78 is 17.6. The van der Waals surface area contributed by atoms with Crippen molar-refractivity contribution < 1.29 is 49.3 Å². The Balaban J connectivity index is 2.57. The van der Waals surface area contributed by atoms with Gasteiger partial charge in [-0.15, -0.1) is 0 Å². The van der Waals surface area contributed by atoms with Crippen LogP contribution in [0.25, 0.3) is 0 Å². The number of rotatable bonds is 58. The summed E-state index contributed by atoms with van der Waals surface area (Å²) in [5.74, 6) is -1.19. The van der Waals surface area contributed by atoms with Gasteiger partial charge in [-0.05, 0) is 51.4 Å². The van der Waals surface area contributed by atoms with Crippen LogP contribution < -0.4 is 5.32 Å². The first kappa shape index (κ1) is 74.9. The smallest absolute Gasteiger partial charge is 0.306 e. The largest absolute Gasteiger partial charge is 0.454 e. The van der Waals surface area contributed by atoms with Crippen LogP contribution in [0.5, 0.6) is 0 Å². The average molecular weight is 1120 g/mol. The molecular weight excluding hydrogens is 991 g/mol. The number of carbonyl (C=O) groups excluding carboxylic acids is 2. The Morgan fingerprint density at radius 2 is 0.911 bits per heavy atom. The van der Waals surface area contributed by atoms with Crippen molar-refractivity contribution in [3.05, 3.63) is 36.5 Å². The molecule has 0 radical (unpaired) electrons. The van der Waals surface area contributed by atoms with Gasteiger partial charge in [0.2, 0.25) is 5.91 Å². The third-order valence-electron chi connectivity index (χ3n) is 16.1. The fourth-order valence-corrected chi connectivity index (χ4v) is 10.8. The van der Waals surface area contributed by atoms with Crippen LogP contribution in [-0.2, 0) is 23.8 Å². The predicted octanol–water partition coefficient (Wildman–Crippen LogP) is 16.6. The van der Waals surface area contributed by atoms with Crippen LogP contribution in [0.2, 0.25) is 0 Å². The zero-order chi connectivity index (χ0) is 57.5. The molecule has 0 aromatic carbocycles. The maximum absolute atomic E-state index is 13.5. The van der Waals surface area contributed by atoms with Crippen LogP contribution in [0.4, 0.5) is 0 Å². The van der Waals surface area contributed by atoms with Gasteiger partial charge in [-0.3, -0.25) is 9.59 Å². The lowest BCUT2D eigenvalue weighted by Gasteiger charge is -2.41. The van der Waals surface area contributed by atoms with Crippen molar-refractivity contribution >= 4 is 11.9 Å². The number of hydrogen-bond acceptors (Lipinski definition) is 10. The number of amides is 1. The molecule has 1 fully saturated rings. The molecule has 1 amide bonds. The van der Waals surface area contributed by atoms with E-state index in [0.29, 0.717) is 19.3 Å². The standard InChI is InChI=1S/C68H127NO10/c1-4-7-10-13-16-19-22-25-27-28-29-30-31-32-33-34-35-36-37-40-43-46-49-52-55-61(72)67(76)69-59(60(71)54-51-48-45-42-39-24-21-18-15-12-9-6-3)58-77-68-66(65(75)64(74)62(57-70)78-68)79-63(73)56-53-50-47-44-41-38-26-23-20-17-14-11-8-5-2/h8,11,17,20,51,54,59-62,64-66,68,70-72,74-75H,4-7,9-10,12-16,18-19,21-50,52-53,55-58H2,1-3H3,(H,69,76)/b11-8+,20-17+,54-51+. The SMILES string of the molecule is CC/C=C/C/C=C/CCCCCCCCCC(=O)OC1C(OCC(NC(=O)C(O)CCCCCCCCCCCCCCCCCCCCCCCCCC)C(O)/C=C/CCCCCCCCCCCC)OC(CO)C(O)C1O. The number of nitrogens with one attached hydrogen (secondary N) is 1. The fourth-order valence-electron chi connectivity index (χ4n) is 10.8. The summed E-state index contributed by atoms with van der Waals surface area (Å²) in [5.41, 5.74) is 0. The Morgan fingerprint density at radius 3 is 1.35 bits per heavy atom. The van der Waals surface area contributed by atoms with Crippen molar-refractivity contribution in [1.29, 1.82) is 0 Å². The Morgan fingerprint density at radius 1 is 0.506 bits per heavy atom. The average Bonchev–Trinajstić information content (AvgIpc) is 3.49. The summed E-state index contributed by atoms with van der Waals surface area (Å²) in [7, 11) is 0. The van der Waals surface area contributed by atoms with E-state index in [1.807, 2.05) is 6.08 Å². The van der Waals surface area contributed by atoms with Gasteiger partial charge < -0.3 is 45.1 Å². The third-order valence-corrected chi connectivity index (χ3v) is 16.1. The first-order valence-electron chi connectivity index (χ1n) is 33.8. The molecule has 11 heteroatoms. The molecule has 1 aliphatic heterocycles. The molecule has 0 saturated carbocycles. The molecule has 8 unspecified atom stereocenters. The lowest BCUT2D eigenvalue weighted by molar-refractivity contribution is -0.305. The Hall–Kier alpha value is -2.12. The lowest BCUT2D eigenvalue weighted by Crippen LogP contribution is -2.61. The van der Waals surface area contributed by atoms with E-state index >= 15 is 0 Å². The minimum Gasteiger partial charge on any atom is -0.454 e. The van der Waals surface area contributed by atoms with Gasteiger partial charge in [-0.1, -0.05) is 301 Å². The zero-order valence-electron chi connectivity index (χ0n) is 51.5. The fraction of sp³-hybridized carbons (Fsp3) is 0.882. The highest BCUT2D eigenvalue weighted by Crippen LogP contribution is 2.26. The minimum atomic E-state index is -1.61. The van der Waals surface area contributed by atoms with Gasteiger partial charge in [0.15, 0.2) is 12.4 Å². The molecule has 0 aliphatic carbocycles. The van der Waals surface area contributed by atoms with E-state index in [0.717, 1.165) is 83.5 Å². The molecule has 79 heavy (non-hydrogen) atoms. The maximum Gasteiger partial charge on any atom is 0.306 e. The highest BCUT2D eigenvalue weighted by atomic mass is 16.7. The minimum absolute atomic E-state index is 0.117. The number of aliphatic hydroxyl groups excluding tert-OH is 5. The molecule has 1 rings (SSSR count). The third kappa shape index (κ3) is 44.1. The number of ether oxygens (including phenoxy) is 3. The van der Waals surface area contributed by atoms with Gasteiger partial charge in [0.05, 0.1) is 25.4 Å². The topological polar surface area (TPSA) is 175 Å². The van der Waals surface area contributed by atoms with Crippen LogP contribution in [0.15, 0.2) is 36.5 Å².